The largest absolute Gasteiger partial charge is 0.461 e. The van der Waals surface area contributed by atoms with E-state index in [1.54, 1.807) is 30.4 Å². The number of hydrogen-bond donors (Lipinski definition) is 1. The maximum atomic E-state index is 15.5. The van der Waals surface area contributed by atoms with Crippen molar-refractivity contribution in [2.45, 2.75) is 46.1 Å². The van der Waals surface area contributed by atoms with Crippen molar-refractivity contribution in [3.63, 3.8) is 0 Å². The van der Waals surface area contributed by atoms with Gasteiger partial charge < -0.3 is 24.4 Å². The molecular formula is C36H36FN5O4S. The van der Waals surface area contributed by atoms with Gasteiger partial charge in [0.05, 0.1) is 22.4 Å². The molecule has 0 saturated carbocycles. The van der Waals surface area contributed by atoms with Gasteiger partial charge >= 0.3 is 5.97 Å². The number of aryl methyl sites for hydroxylation is 1. The maximum Gasteiger partial charge on any atom is 0.302 e. The molecule has 0 spiro atoms. The first-order chi connectivity index (χ1) is 22.6. The summed E-state index contributed by atoms with van der Waals surface area (Å²) in [6.45, 7) is 9.82. The highest BCUT2D eigenvalue weighted by Gasteiger charge is 2.35. The minimum absolute atomic E-state index is 0.179. The summed E-state index contributed by atoms with van der Waals surface area (Å²) in [5.74, 6) is -0.0546. The van der Waals surface area contributed by atoms with Crippen molar-refractivity contribution in [2.24, 2.45) is 13.0 Å². The van der Waals surface area contributed by atoms with Crippen LogP contribution in [-0.2, 0) is 42.4 Å². The van der Waals surface area contributed by atoms with Gasteiger partial charge in [0.2, 0.25) is 0 Å². The highest BCUT2D eigenvalue weighted by molar-refractivity contribution is 7.14. The summed E-state index contributed by atoms with van der Waals surface area (Å²) < 4.78 is 22.4. The van der Waals surface area contributed by atoms with E-state index in [1.807, 2.05) is 12.1 Å². The highest BCUT2D eigenvalue weighted by Crippen LogP contribution is 2.42. The molecule has 0 bridgehead atoms. The average molecular weight is 654 g/mol. The molecule has 3 aromatic heterocycles. The Morgan fingerprint density at radius 1 is 1.17 bits per heavy atom. The fourth-order valence-electron chi connectivity index (χ4n) is 6.77. The number of thiophene rings is 1. The number of benzene rings is 1. The number of esters is 1. The van der Waals surface area contributed by atoms with Crippen LogP contribution in [0.3, 0.4) is 0 Å². The summed E-state index contributed by atoms with van der Waals surface area (Å²) in [6.07, 6.45) is 6.76. The Kier molecular flexibility index (Phi) is 7.95. The third-order valence-electron chi connectivity index (χ3n) is 9.37. The molecule has 0 radical (unpaired) electrons. The number of ether oxygens (including phenoxy) is 1. The van der Waals surface area contributed by atoms with Gasteiger partial charge in [-0.2, -0.15) is 0 Å². The number of fused-ring (bicyclic) bond motifs is 3. The molecule has 47 heavy (non-hydrogen) atoms. The summed E-state index contributed by atoms with van der Waals surface area (Å²) in [5.41, 5.74) is 6.15. The van der Waals surface area contributed by atoms with Gasteiger partial charge in [0, 0.05) is 62.2 Å². The van der Waals surface area contributed by atoms with Gasteiger partial charge in [-0.25, -0.2) is 9.37 Å². The zero-order valence-corrected chi connectivity index (χ0v) is 27.5. The number of aromatic nitrogens is 2. The predicted molar refractivity (Wildman–Crippen MR) is 182 cm³/mol. The number of allylic oxidation sites excluding steroid dienone is 1. The molecule has 1 N–H and O–H groups in total. The number of hydrogen-bond acceptors (Lipinski definition) is 8. The molecule has 1 amide bonds. The van der Waals surface area contributed by atoms with E-state index in [-0.39, 0.29) is 23.8 Å². The van der Waals surface area contributed by atoms with Crippen LogP contribution >= 0.6 is 11.3 Å². The van der Waals surface area contributed by atoms with Crippen molar-refractivity contribution in [2.75, 3.05) is 34.8 Å². The van der Waals surface area contributed by atoms with Crippen molar-refractivity contribution in [3.05, 3.63) is 97.5 Å². The van der Waals surface area contributed by atoms with Crippen LogP contribution in [0.4, 0.5) is 27.3 Å². The van der Waals surface area contributed by atoms with E-state index in [9.17, 15) is 14.4 Å². The number of halogens is 1. The van der Waals surface area contributed by atoms with Gasteiger partial charge in [-0.15, -0.1) is 11.3 Å². The van der Waals surface area contributed by atoms with E-state index < -0.39 is 11.8 Å². The highest BCUT2D eigenvalue weighted by atomic mass is 32.1. The summed E-state index contributed by atoms with van der Waals surface area (Å²) in [7, 11) is 1.62. The summed E-state index contributed by atoms with van der Waals surface area (Å²) in [4.78, 5) is 49.4. The fourth-order valence-corrected chi connectivity index (χ4v) is 8.16. The standard InChI is InChI=1S/C36H36FN5O4S/c1-5-22-16-41(17-22)25-6-7-33(38-15-25)39-30-12-23(18-40(4)35(30)44)27-13-24(37)14-31(29(27)19-46-21(3)43)42-9-8-26-28-10-20(2)11-32(28)47-34(26)36(42)45/h6-7,12-15,18,22H,2,5,8-11,16-17,19H2,1,3-4H3,(H,38,39). The Morgan fingerprint density at radius 3 is 2.70 bits per heavy atom. The number of pyridine rings is 2. The number of nitrogens with zero attached hydrogens (tertiary/aromatic N) is 4. The van der Waals surface area contributed by atoms with E-state index in [0.717, 1.165) is 49.2 Å². The lowest BCUT2D eigenvalue weighted by Crippen LogP contribution is -2.46. The minimum atomic E-state index is -0.554. The Labute approximate surface area is 276 Å². The van der Waals surface area contributed by atoms with Crippen LogP contribution in [0.2, 0.25) is 0 Å². The van der Waals surface area contributed by atoms with Gasteiger partial charge in [-0.3, -0.25) is 14.4 Å². The number of rotatable bonds is 8. The number of carbonyl (C=O) groups excluding carboxylic acids is 2. The number of anilines is 4. The first-order valence-corrected chi connectivity index (χ1v) is 16.7. The maximum absolute atomic E-state index is 15.5. The molecular weight excluding hydrogens is 617 g/mol. The molecule has 1 fully saturated rings. The van der Waals surface area contributed by atoms with Crippen LogP contribution in [0.25, 0.3) is 11.1 Å². The third-order valence-corrected chi connectivity index (χ3v) is 10.6. The molecule has 9 nitrogen and oxygen atoms in total. The van der Waals surface area contributed by atoms with E-state index in [1.165, 1.54) is 45.4 Å². The second-order valence-electron chi connectivity index (χ2n) is 12.6. The molecule has 4 aromatic rings. The lowest BCUT2D eigenvalue weighted by Gasteiger charge is -2.40. The van der Waals surface area contributed by atoms with Gasteiger partial charge in [0.25, 0.3) is 11.5 Å². The van der Waals surface area contributed by atoms with Crippen LogP contribution in [0.1, 0.15) is 51.5 Å². The Balaban J connectivity index is 1.24. The average Bonchev–Trinajstić information content (AvgIpc) is 3.55. The van der Waals surface area contributed by atoms with Crippen molar-refractivity contribution >= 4 is 46.1 Å². The second-order valence-corrected chi connectivity index (χ2v) is 13.7. The molecule has 0 atom stereocenters. The monoisotopic (exact) mass is 653 g/mol. The second kappa shape index (κ2) is 12.1. The summed E-state index contributed by atoms with van der Waals surface area (Å²) in [5, 5.41) is 3.14. The first-order valence-electron chi connectivity index (χ1n) is 15.9. The summed E-state index contributed by atoms with van der Waals surface area (Å²) >= 11 is 1.49. The van der Waals surface area contributed by atoms with Crippen LogP contribution in [0.5, 0.6) is 0 Å². The Bertz CT molecular complexity index is 1990. The van der Waals surface area contributed by atoms with Crippen molar-refractivity contribution < 1.29 is 18.7 Å². The van der Waals surface area contributed by atoms with Gasteiger partial charge in [-0.1, -0.05) is 19.1 Å². The van der Waals surface area contributed by atoms with Crippen LogP contribution in [-0.4, -0.2) is 41.1 Å². The van der Waals surface area contributed by atoms with Crippen molar-refractivity contribution in [1.82, 2.24) is 9.55 Å². The number of carbonyl (C=O) groups is 2. The van der Waals surface area contributed by atoms with Gasteiger partial charge in [-0.05, 0) is 72.2 Å². The quantitative estimate of drug-likeness (QED) is 0.180. The molecule has 1 aliphatic carbocycles. The van der Waals surface area contributed by atoms with E-state index in [4.69, 9.17) is 4.74 Å². The normalized spacial score (nSPS) is 15.8. The van der Waals surface area contributed by atoms with Crippen LogP contribution in [0.15, 0.2) is 59.7 Å². The SMILES string of the molecule is C=C1Cc2sc3c(c2C1)CCN(c1cc(F)cc(-c2cc(Nc4ccc(N5CC(CC)C5)cn4)c(=O)n(C)c2)c1COC(C)=O)C3=O. The topological polar surface area (TPSA) is 96.8 Å². The predicted octanol–water partition coefficient (Wildman–Crippen LogP) is 6.16. The fraction of sp³-hybridized carbons (Fsp3) is 0.333. The molecule has 5 heterocycles. The minimum Gasteiger partial charge on any atom is -0.461 e. The molecule has 1 aromatic carbocycles. The van der Waals surface area contributed by atoms with Crippen molar-refractivity contribution in [1.29, 1.82) is 0 Å². The van der Waals surface area contributed by atoms with Gasteiger partial charge in [0.15, 0.2) is 0 Å². The number of amides is 1. The van der Waals surface area contributed by atoms with E-state index in [2.05, 4.69) is 28.7 Å². The smallest absolute Gasteiger partial charge is 0.302 e. The Hall–Kier alpha value is -4.77. The molecule has 3 aliphatic rings. The molecule has 0 unspecified atom stereocenters. The molecule has 2 aliphatic heterocycles. The van der Waals surface area contributed by atoms with Gasteiger partial charge in [0.1, 0.15) is 23.9 Å². The lowest BCUT2D eigenvalue weighted by molar-refractivity contribution is -0.142. The summed E-state index contributed by atoms with van der Waals surface area (Å²) in [6, 6.07) is 8.12. The zero-order valence-electron chi connectivity index (χ0n) is 26.7. The van der Waals surface area contributed by atoms with Crippen LogP contribution in [0, 0.1) is 11.7 Å². The lowest BCUT2D eigenvalue weighted by atomic mass is 9.96. The Morgan fingerprint density at radius 2 is 1.98 bits per heavy atom. The van der Waals surface area contributed by atoms with E-state index >= 15 is 4.39 Å². The van der Waals surface area contributed by atoms with Crippen molar-refractivity contribution in [3.8, 4) is 11.1 Å². The number of nitrogens with one attached hydrogen (secondary N) is 1. The molecule has 7 rings (SSSR count). The molecule has 1 saturated heterocycles. The van der Waals surface area contributed by atoms with E-state index in [0.29, 0.717) is 52.0 Å². The first kappa shape index (κ1) is 30.9. The molecule has 11 heteroatoms. The zero-order chi connectivity index (χ0) is 33.0. The third kappa shape index (κ3) is 5.73. The van der Waals surface area contributed by atoms with Crippen LogP contribution < -0.4 is 20.7 Å². The molecule has 242 valence electrons.